The van der Waals surface area contributed by atoms with E-state index in [1.807, 2.05) is 0 Å². The van der Waals surface area contributed by atoms with Crippen LogP contribution in [-0.4, -0.2) is 22.5 Å². The predicted molar refractivity (Wildman–Crippen MR) is 75.9 cm³/mol. The Balaban J connectivity index is 2.52. The first-order valence-electron chi connectivity index (χ1n) is 6.22. The maximum absolute atomic E-state index is 12.5. The third-order valence-electron chi connectivity index (χ3n) is 3.40. The number of aryl methyl sites for hydroxylation is 1. The minimum Gasteiger partial charge on any atom is -0.465 e. The molecule has 7 nitrogen and oxygen atoms in total. The molecule has 106 valence electrons. The summed E-state index contributed by atoms with van der Waals surface area (Å²) in [7, 11) is 2.91. The van der Waals surface area contributed by atoms with E-state index in [-0.39, 0.29) is 16.9 Å². The van der Waals surface area contributed by atoms with E-state index in [4.69, 9.17) is 5.73 Å². The number of esters is 1. The number of nitrogens with two attached hydrogens (primary N) is 1. The molecule has 0 saturated heterocycles. The fourth-order valence-corrected chi connectivity index (χ4v) is 2.26. The molecule has 0 aliphatic rings. The van der Waals surface area contributed by atoms with Crippen molar-refractivity contribution in [3.8, 4) is 0 Å². The average Bonchev–Trinajstić information content (AvgIpc) is 2.51. The van der Waals surface area contributed by atoms with Crippen LogP contribution in [0.15, 0.2) is 35.3 Å². The number of rotatable bonds is 1. The van der Waals surface area contributed by atoms with Crippen LogP contribution in [-0.2, 0) is 11.8 Å². The molecule has 3 rings (SSSR count). The number of pyridine rings is 2. The van der Waals surface area contributed by atoms with Crippen LogP contribution in [0.4, 0.5) is 5.82 Å². The first-order valence-corrected chi connectivity index (χ1v) is 6.22. The molecule has 3 aromatic rings. The van der Waals surface area contributed by atoms with Crippen LogP contribution >= 0.6 is 0 Å². The zero-order valence-corrected chi connectivity index (χ0v) is 11.5. The molecule has 0 bridgehead atoms. The van der Waals surface area contributed by atoms with Crippen LogP contribution in [0.2, 0.25) is 0 Å². The van der Waals surface area contributed by atoms with E-state index < -0.39 is 5.97 Å². The van der Waals surface area contributed by atoms with Gasteiger partial charge < -0.3 is 10.5 Å². The van der Waals surface area contributed by atoms with Crippen LogP contribution in [0.25, 0.3) is 16.7 Å². The van der Waals surface area contributed by atoms with Crippen molar-refractivity contribution in [2.75, 3.05) is 12.8 Å². The van der Waals surface area contributed by atoms with Gasteiger partial charge in [0, 0.05) is 6.20 Å². The highest BCUT2D eigenvalue weighted by molar-refractivity contribution is 5.96. The monoisotopic (exact) mass is 285 g/mol. The lowest BCUT2D eigenvalue weighted by Gasteiger charge is -2.07. The summed E-state index contributed by atoms with van der Waals surface area (Å²) in [5.74, 6) is -0.399. The lowest BCUT2D eigenvalue weighted by molar-refractivity contribution is -0.632. The number of nitrogens with zero attached hydrogens (tertiary/aromatic N) is 3. The second kappa shape index (κ2) is 4.55. The summed E-state index contributed by atoms with van der Waals surface area (Å²) in [4.78, 5) is 28.7. The summed E-state index contributed by atoms with van der Waals surface area (Å²) in [6, 6.07) is 6.68. The number of hydrogen-bond acceptors (Lipinski definition) is 5. The van der Waals surface area contributed by atoms with Gasteiger partial charge in [0.15, 0.2) is 0 Å². The largest absolute Gasteiger partial charge is 0.465 e. The third kappa shape index (κ3) is 1.82. The molecule has 0 aromatic carbocycles. The van der Waals surface area contributed by atoms with Gasteiger partial charge in [-0.2, -0.15) is 0 Å². The number of fused-ring (bicyclic) bond motifs is 2. The summed E-state index contributed by atoms with van der Waals surface area (Å²) in [5.41, 5.74) is 6.73. The number of ether oxygens (including phenoxy) is 1. The van der Waals surface area contributed by atoms with Crippen LogP contribution in [0.1, 0.15) is 10.4 Å². The van der Waals surface area contributed by atoms with Gasteiger partial charge in [0.1, 0.15) is 10.9 Å². The Bertz CT molecular complexity index is 946. The van der Waals surface area contributed by atoms with E-state index in [2.05, 4.69) is 9.72 Å². The average molecular weight is 285 g/mol. The van der Waals surface area contributed by atoms with Crippen molar-refractivity contribution < 1.29 is 14.1 Å². The lowest BCUT2D eigenvalue weighted by Crippen LogP contribution is -2.38. The van der Waals surface area contributed by atoms with Crippen molar-refractivity contribution in [3.05, 3.63) is 46.4 Å². The smallest absolute Gasteiger partial charge is 0.344 e. The highest BCUT2D eigenvalue weighted by Gasteiger charge is 2.22. The molecule has 2 N–H and O–H groups in total. The van der Waals surface area contributed by atoms with Gasteiger partial charge in [0.25, 0.3) is 11.2 Å². The van der Waals surface area contributed by atoms with Gasteiger partial charge in [0.05, 0.1) is 14.2 Å². The maximum Gasteiger partial charge on any atom is 0.344 e. The second-order valence-electron chi connectivity index (χ2n) is 4.58. The molecule has 0 radical (unpaired) electrons. The predicted octanol–water partition coefficient (Wildman–Crippen LogP) is 0.0410. The standard InChI is InChI=1S/C14H12N4O3/c1-17-11(15)8(14(20)21-2)7-9-12(17)16-10-5-3-4-6-18(10)13(9)19/h3-7,15H,1-2H3/p+1. The van der Waals surface area contributed by atoms with Crippen LogP contribution in [0.5, 0.6) is 0 Å². The summed E-state index contributed by atoms with van der Waals surface area (Å²) in [6.07, 6.45) is 1.62. The lowest BCUT2D eigenvalue weighted by atomic mass is 10.2. The van der Waals surface area contributed by atoms with Gasteiger partial charge in [-0.15, -0.1) is 0 Å². The summed E-state index contributed by atoms with van der Waals surface area (Å²) in [5, 5.41) is 0.302. The van der Waals surface area contributed by atoms with E-state index in [1.165, 1.54) is 22.1 Å². The first-order chi connectivity index (χ1) is 10.0. The van der Waals surface area contributed by atoms with E-state index in [9.17, 15) is 9.59 Å². The number of carbonyl (C=O) groups is 1. The van der Waals surface area contributed by atoms with Crippen LogP contribution in [0, 0.1) is 0 Å². The zero-order chi connectivity index (χ0) is 15.1. The van der Waals surface area contributed by atoms with Crippen molar-refractivity contribution in [1.82, 2.24) is 9.38 Å². The van der Waals surface area contributed by atoms with Crippen LogP contribution < -0.4 is 15.9 Å². The Morgan fingerprint density at radius 3 is 2.90 bits per heavy atom. The van der Waals surface area contributed by atoms with E-state index in [0.29, 0.717) is 16.7 Å². The number of anilines is 1. The molecule has 0 amide bonds. The highest BCUT2D eigenvalue weighted by atomic mass is 16.5. The van der Waals surface area contributed by atoms with Crippen molar-refractivity contribution in [2.24, 2.45) is 7.05 Å². The number of carbonyl (C=O) groups excluding carboxylic acids is 1. The number of hydrogen-bond donors (Lipinski definition) is 1. The Morgan fingerprint density at radius 1 is 1.43 bits per heavy atom. The molecule has 0 spiro atoms. The Morgan fingerprint density at radius 2 is 2.19 bits per heavy atom. The summed E-state index contributed by atoms with van der Waals surface area (Å²) in [6.45, 7) is 0. The Labute approximate surface area is 119 Å². The number of nitrogen functional groups attached to an aromatic ring is 1. The van der Waals surface area contributed by atoms with Gasteiger partial charge in [-0.1, -0.05) is 11.1 Å². The van der Waals surface area contributed by atoms with Gasteiger partial charge in [-0.25, -0.2) is 9.36 Å². The molecule has 0 aliphatic heterocycles. The maximum atomic E-state index is 12.5. The van der Waals surface area contributed by atoms with Crippen molar-refractivity contribution in [1.29, 1.82) is 0 Å². The molecular formula is C14H13N4O3+. The molecule has 0 fully saturated rings. The molecule has 21 heavy (non-hydrogen) atoms. The normalized spacial score (nSPS) is 11.0. The van der Waals surface area contributed by atoms with Crippen LogP contribution in [0.3, 0.4) is 0 Å². The quantitative estimate of drug-likeness (QED) is 0.387. The minimum atomic E-state index is -0.595. The Kier molecular flexibility index (Phi) is 2.83. The minimum absolute atomic E-state index is 0.141. The zero-order valence-electron chi connectivity index (χ0n) is 11.5. The third-order valence-corrected chi connectivity index (χ3v) is 3.40. The number of aromatic nitrogens is 3. The molecule has 7 heteroatoms. The summed E-state index contributed by atoms with van der Waals surface area (Å²) >= 11 is 0. The molecule has 0 aliphatic carbocycles. The number of methoxy groups -OCH3 is 1. The second-order valence-corrected chi connectivity index (χ2v) is 4.58. The first kappa shape index (κ1) is 13.0. The van der Waals surface area contributed by atoms with Crippen molar-refractivity contribution in [3.63, 3.8) is 0 Å². The SMILES string of the molecule is COC(=O)c1cc2c(=O)n3ccccc3nc2[n+](C)c1N. The molecule has 3 heterocycles. The van der Waals surface area contributed by atoms with Gasteiger partial charge >= 0.3 is 5.97 Å². The van der Waals surface area contributed by atoms with E-state index in [0.717, 1.165) is 0 Å². The van der Waals surface area contributed by atoms with Gasteiger partial charge in [-0.05, 0) is 18.2 Å². The van der Waals surface area contributed by atoms with E-state index >= 15 is 0 Å². The van der Waals surface area contributed by atoms with E-state index in [1.54, 1.807) is 31.4 Å². The fraction of sp³-hybridized carbons (Fsp3) is 0.143. The van der Waals surface area contributed by atoms with Crippen molar-refractivity contribution in [2.45, 2.75) is 0 Å². The molecule has 3 aromatic heterocycles. The van der Waals surface area contributed by atoms with Gasteiger partial charge in [-0.3, -0.25) is 9.20 Å². The molecule has 0 unspecified atom stereocenters. The molecule has 0 atom stereocenters. The molecule has 0 saturated carbocycles. The van der Waals surface area contributed by atoms with Crippen molar-refractivity contribution >= 4 is 28.5 Å². The van der Waals surface area contributed by atoms with Gasteiger partial charge in [0.2, 0.25) is 11.5 Å². The summed E-state index contributed by atoms with van der Waals surface area (Å²) < 4.78 is 7.61. The fourth-order valence-electron chi connectivity index (χ4n) is 2.26. The topological polar surface area (TPSA) is 90.6 Å². The molecular weight excluding hydrogens is 272 g/mol. The highest BCUT2D eigenvalue weighted by Crippen LogP contribution is 2.14. The Hall–Kier alpha value is -2.96.